The van der Waals surface area contributed by atoms with Crippen molar-refractivity contribution >= 4 is 17.7 Å². The van der Waals surface area contributed by atoms with Crippen LogP contribution < -0.4 is 0 Å². The van der Waals surface area contributed by atoms with Gasteiger partial charge in [0.15, 0.2) is 0 Å². The van der Waals surface area contributed by atoms with Gasteiger partial charge in [-0.15, -0.1) is 11.8 Å². The monoisotopic (exact) mass is 190 g/mol. The Bertz CT molecular complexity index is 154. The van der Waals surface area contributed by atoms with Crippen LogP contribution >= 0.6 is 11.8 Å². The zero-order valence-electron chi connectivity index (χ0n) is 7.16. The summed E-state index contributed by atoms with van der Waals surface area (Å²) in [5.74, 6) is -0.388. The molecule has 1 heterocycles. The number of hydrogen-bond donors (Lipinski definition) is 1. The molecule has 1 atom stereocenters. The van der Waals surface area contributed by atoms with E-state index in [-0.39, 0.29) is 5.25 Å². The summed E-state index contributed by atoms with van der Waals surface area (Å²) in [7, 11) is 0. The zero-order chi connectivity index (χ0) is 8.97. The molecule has 0 spiro atoms. The van der Waals surface area contributed by atoms with Gasteiger partial charge >= 0.3 is 5.97 Å². The number of ether oxygens (including phenoxy) is 1. The number of hydrogen-bond acceptors (Lipinski definition) is 3. The standard InChI is InChI=1S/C8H14O3S/c1-12-7(8(9)10)6-2-4-11-5-3-6/h6-7H,2-5H2,1H3,(H,9,10). The lowest BCUT2D eigenvalue weighted by molar-refractivity contribution is -0.138. The lowest BCUT2D eigenvalue weighted by Gasteiger charge is -2.26. The average molecular weight is 190 g/mol. The molecule has 1 rings (SSSR count). The molecule has 1 aliphatic heterocycles. The number of carbonyl (C=O) groups is 1. The van der Waals surface area contributed by atoms with Crippen molar-refractivity contribution in [2.24, 2.45) is 5.92 Å². The van der Waals surface area contributed by atoms with E-state index in [1.54, 1.807) is 0 Å². The first-order valence-electron chi connectivity index (χ1n) is 4.09. The van der Waals surface area contributed by atoms with Gasteiger partial charge in [-0.05, 0) is 25.0 Å². The van der Waals surface area contributed by atoms with Gasteiger partial charge in [0.1, 0.15) is 5.25 Å². The first-order chi connectivity index (χ1) is 5.75. The van der Waals surface area contributed by atoms with E-state index in [2.05, 4.69) is 0 Å². The Kier molecular flexibility index (Phi) is 3.88. The Labute approximate surface area is 76.5 Å². The Hall–Kier alpha value is -0.220. The van der Waals surface area contributed by atoms with Crippen molar-refractivity contribution in [2.45, 2.75) is 18.1 Å². The van der Waals surface area contributed by atoms with Crippen molar-refractivity contribution in [1.82, 2.24) is 0 Å². The third-order valence-electron chi connectivity index (χ3n) is 2.19. The van der Waals surface area contributed by atoms with Crippen LogP contribution in [0.4, 0.5) is 0 Å². The third kappa shape index (κ3) is 2.38. The molecule has 0 aromatic carbocycles. The molecule has 0 bridgehead atoms. The molecule has 0 aromatic heterocycles. The predicted octanol–water partition coefficient (Wildman–Crippen LogP) is 1.23. The summed E-state index contributed by atoms with van der Waals surface area (Å²) >= 11 is 1.43. The van der Waals surface area contributed by atoms with Gasteiger partial charge in [0.2, 0.25) is 0 Å². The van der Waals surface area contributed by atoms with Crippen molar-refractivity contribution in [3.05, 3.63) is 0 Å². The summed E-state index contributed by atoms with van der Waals surface area (Å²) in [5, 5.41) is 8.62. The smallest absolute Gasteiger partial charge is 0.316 e. The van der Waals surface area contributed by atoms with Crippen LogP contribution in [0.1, 0.15) is 12.8 Å². The van der Waals surface area contributed by atoms with E-state index in [0.29, 0.717) is 5.92 Å². The topological polar surface area (TPSA) is 46.5 Å². The fourth-order valence-electron chi connectivity index (χ4n) is 1.51. The molecule has 1 saturated heterocycles. The molecule has 0 aliphatic carbocycles. The first-order valence-corrected chi connectivity index (χ1v) is 5.38. The molecular formula is C8H14O3S. The minimum Gasteiger partial charge on any atom is -0.480 e. The molecule has 1 fully saturated rings. The minimum atomic E-state index is -0.686. The van der Waals surface area contributed by atoms with Crippen LogP contribution in [-0.2, 0) is 9.53 Å². The summed E-state index contributed by atoms with van der Waals surface area (Å²) in [4.78, 5) is 10.8. The van der Waals surface area contributed by atoms with Crippen LogP contribution in [0.25, 0.3) is 0 Å². The van der Waals surface area contributed by atoms with Crippen LogP contribution in [-0.4, -0.2) is 35.8 Å². The van der Waals surface area contributed by atoms with Crippen LogP contribution in [0.15, 0.2) is 0 Å². The highest BCUT2D eigenvalue weighted by Crippen LogP contribution is 2.26. The molecule has 70 valence electrons. The summed E-state index contributed by atoms with van der Waals surface area (Å²) in [6, 6.07) is 0. The number of thioether (sulfide) groups is 1. The van der Waals surface area contributed by atoms with E-state index < -0.39 is 5.97 Å². The van der Waals surface area contributed by atoms with E-state index in [4.69, 9.17) is 9.84 Å². The molecule has 1 unspecified atom stereocenters. The molecule has 0 amide bonds. The highest BCUT2D eigenvalue weighted by atomic mass is 32.2. The fourth-order valence-corrected chi connectivity index (χ4v) is 2.37. The fraction of sp³-hybridized carbons (Fsp3) is 0.875. The maximum absolute atomic E-state index is 10.8. The normalized spacial score (nSPS) is 22.1. The van der Waals surface area contributed by atoms with Crippen molar-refractivity contribution in [2.75, 3.05) is 19.5 Å². The van der Waals surface area contributed by atoms with Gasteiger partial charge in [-0.25, -0.2) is 0 Å². The maximum Gasteiger partial charge on any atom is 0.316 e. The average Bonchev–Trinajstić information content (AvgIpc) is 2.07. The number of rotatable bonds is 3. The van der Waals surface area contributed by atoms with Crippen LogP contribution in [0, 0.1) is 5.92 Å². The second kappa shape index (κ2) is 4.72. The Morgan fingerprint density at radius 3 is 2.58 bits per heavy atom. The Balaban J connectivity index is 2.46. The first kappa shape index (κ1) is 9.86. The van der Waals surface area contributed by atoms with Crippen molar-refractivity contribution in [3.63, 3.8) is 0 Å². The molecule has 12 heavy (non-hydrogen) atoms. The summed E-state index contributed by atoms with van der Waals surface area (Å²) in [6.45, 7) is 1.43. The SMILES string of the molecule is CSC(C(=O)O)C1CCOCC1. The van der Waals surface area contributed by atoms with Gasteiger partial charge in [0.25, 0.3) is 0 Å². The quantitative estimate of drug-likeness (QED) is 0.727. The van der Waals surface area contributed by atoms with E-state index in [0.717, 1.165) is 26.1 Å². The van der Waals surface area contributed by atoms with Crippen LogP contribution in [0.2, 0.25) is 0 Å². The Morgan fingerprint density at radius 1 is 1.58 bits per heavy atom. The van der Waals surface area contributed by atoms with Crippen molar-refractivity contribution < 1.29 is 14.6 Å². The van der Waals surface area contributed by atoms with E-state index in [1.165, 1.54) is 11.8 Å². The molecule has 0 saturated carbocycles. The van der Waals surface area contributed by atoms with E-state index >= 15 is 0 Å². The largest absolute Gasteiger partial charge is 0.480 e. The summed E-state index contributed by atoms with van der Waals surface area (Å²) in [6.07, 6.45) is 3.63. The van der Waals surface area contributed by atoms with Crippen LogP contribution in [0.5, 0.6) is 0 Å². The lowest BCUT2D eigenvalue weighted by Crippen LogP contribution is -2.31. The van der Waals surface area contributed by atoms with Gasteiger partial charge < -0.3 is 9.84 Å². The second-order valence-corrected chi connectivity index (χ2v) is 3.92. The summed E-state index contributed by atoms with van der Waals surface area (Å²) in [5.41, 5.74) is 0. The number of carboxylic acids is 1. The Morgan fingerprint density at radius 2 is 2.17 bits per heavy atom. The molecule has 4 heteroatoms. The van der Waals surface area contributed by atoms with Gasteiger partial charge in [0, 0.05) is 13.2 Å². The number of aliphatic carboxylic acids is 1. The van der Waals surface area contributed by atoms with Crippen LogP contribution in [0.3, 0.4) is 0 Å². The van der Waals surface area contributed by atoms with E-state index in [9.17, 15) is 4.79 Å². The molecular weight excluding hydrogens is 176 g/mol. The minimum absolute atomic E-state index is 0.242. The molecule has 0 radical (unpaired) electrons. The maximum atomic E-state index is 10.8. The highest BCUT2D eigenvalue weighted by molar-refractivity contribution is 7.99. The van der Waals surface area contributed by atoms with Gasteiger partial charge in [-0.1, -0.05) is 0 Å². The lowest BCUT2D eigenvalue weighted by atomic mass is 9.96. The highest BCUT2D eigenvalue weighted by Gasteiger charge is 2.28. The molecule has 3 nitrogen and oxygen atoms in total. The van der Waals surface area contributed by atoms with Crippen molar-refractivity contribution in [1.29, 1.82) is 0 Å². The predicted molar refractivity (Wildman–Crippen MR) is 48.5 cm³/mol. The molecule has 1 N–H and O–H groups in total. The van der Waals surface area contributed by atoms with Crippen molar-refractivity contribution in [3.8, 4) is 0 Å². The molecule has 1 aliphatic rings. The summed E-state index contributed by atoms with van der Waals surface area (Å²) < 4.78 is 5.17. The van der Waals surface area contributed by atoms with Gasteiger partial charge in [-0.2, -0.15) is 0 Å². The zero-order valence-corrected chi connectivity index (χ0v) is 7.97. The number of carboxylic acid groups (broad SMARTS) is 1. The van der Waals surface area contributed by atoms with Gasteiger partial charge in [0.05, 0.1) is 0 Å². The molecule has 0 aromatic rings. The second-order valence-electron chi connectivity index (χ2n) is 2.94. The third-order valence-corrected chi connectivity index (χ3v) is 3.29. The van der Waals surface area contributed by atoms with Gasteiger partial charge in [-0.3, -0.25) is 4.79 Å². The van der Waals surface area contributed by atoms with E-state index in [1.807, 2.05) is 6.26 Å².